The third-order valence-electron chi connectivity index (χ3n) is 11.7. The molecule has 14 heteroatoms. The fraction of sp³-hybridized carbons (Fsp3) is 0.896. The zero-order valence-electron chi connectivity index (χ0n) is 38.4. The summed E-state index contributed by atoms with van der Waals surface area (Å²) in [6, 6.07) is 0. The molecule has 0 aromatic carbocycles. The molecular weight excluding hydrogens is 801 g/mol. The lowest BCUT2D eigenvalue weighted by Crippen LogP contribution is -2.61. The number of hydrogen-bond acceptors (Lipinski definition) is 14. The van der Waals surface area contributed by atoms with Gasteiger partial charge < -0.3 is 64.2 Å². The predicted octanol–water partition coefficient (Wildman–Crippen LogP) is 6.46. The molecule has 2 fully saturated rings. The van der Waals surface area contributed by atoms with Crippen molar-refractivity contribution in [3.8, 4) is 0 Å². The van der Waals surface area contributed by atoms with E-state index in [-0.39, 0.29) is 25.6 Å². The van der Waals surface area contributed by atoms with Crippen molar-refractivity contribution in [2.75, 3.05) is 33.0 Å². The molecule has 62 heavy (non-hydrogen) atoms. The Morgan fingerprint density at radius 1 is 0.532 bits per heavy atom. The van der Waals surface area contributed by atoms with Crippen molar-refractivity contribution in [3.05, 3.63) is 24.3 Å². The van der Waals surface area contributed by atoms with Crippen LogP contribution < -0.4 is 0 Å². The second-order valence-electron chi connectivity index (χ2n) is 17.3. The molecule has 0 bridgehead atoms. The summed E-state index contributed by atoms with van der Waals surface area (Å²) in [6.45, 7) is 3.63. The average Bonchev–Trinajstić information content (AvgIpc) is 3.27. The number of esters is 1. The number of carbonyl (C=O) groups excluding carboxylic acids is 1. The molecule has 11 unspecified atom stereocenters. The van der Waals surface area contributed by atoms with Crippen molar-refractivity contribution in [2.24, 2.45) is 0 Å². The van der Waals surface area contributed by atoms with Crippen molar-refractivity contribution >= 4 is 5.97 Å². The molecular formula is C48H88O14. The first-order valence-corrected chi connectivity index (χ1v) is 24.4. The molecule has 0 aromatic rings. The predicted molar refractivity (Wildman–Crippen MR) is 238 cm³/mol. The molecule has 0 aromatic heterocycles. The van der Waals surface area contributed by atoms with Gasteiger partial charge in [0.15, 0.2) is 12.6 Å². The number of hydrogen-bond donors (Lipinski definition) is 7. The van der Waals surface area contributed by atoms with E-state index in [1.807, 2.05) is 0 Å². The molecule has 7 N–H and O–H groups in total. The monoisotopic (exact) mass is 889 g/mol. The highest BCUT2D eigenvalue weighted by molar-refractivity contribution is 5.69. The first-order valence-electron chi connectivity index (χ1n) is 24.4. The maximum absolute atomic E-state index is 12.9. The van der Waals surface area contributed by atoms with Gasteiger partial charge in [-0.2, -0.15) is 0 Å². The standard InChI is InChI=1S/C48H88O14/c1-3-5-7-9-11-13-15-17-18-19-20-22-24-26-28-30-32-57-34-37(60-40(50)31-29-27-25-23-21-16-14-12-10-8-6-4-2)35-58-47-46(56)44(54)42(52)39(62-47)36-59-48-45(55)43(53)41(51)38(33-49)61-48/h11,13,17-18,37-39,41-49,51-56H,3-10,12,14-16,19-36H2,1-2H3/b13-11-,18-17-. The Morgan fingerprint density at radius 2 is 1.00 bits per heavy atom. The topological polar surface area (TPSA) is 214 Å². The van der Waals surface area contributed by atoms with Crippen molar-refractivity contribution in [1.82, 2.24) is 0 Å². The number of unbranched alkanes of at least 4 members (excludes halogenated alkanes) is 20. The second-order valence-corrected chi connectivity index (χ2v) is 17.3. The van der Waals surface area contributed by atoms with Gasteiger partial charge in [-0.15, -0.1) is 0 Å². The quantitative estimate of drug-likeness (QED) is 0.0202. The molecule has 0 spiro atoms. The summed E-state index contributed by atoms with van der Waals surface area (Å²) < 4.78 is 34.2. The number of aliphatic hydroxyl groups excluding tert-OH is 7. The summed E-state index contributed by atoms with van der Waals surface area (Å²) in [7, 11) is 0. The van der Waals surface area contributed by atoms with Gasteiger partial charge >= 0.3 is 5.97 Å². The van der Waals surface area contributed by atoms with Gasteiger partial charge in [-0.3, -0.25) is 4.79 Å². The fourth-order valence-electron chi connectivity index (χ4n) is 7.67. The van der Waals surface area contributed by atoms with Crippen LogP contribution in [0.2, 0.25) is 0 Å². The number of carbonyl (C=O) groups is 1. The van der Waals surface area contributed by atoms with E-state index in [2.05, 4.69) is 38.2 Å². The lowest BCUT2D eigenvalue weighted by Gasteiger charge is -2.42. The molecule has 2 heterocycles. The van der Waals surface area contributed by atoms with Gasteiger partial charge in [0.2, 0.25) is 0 Å². The maximum atomic E-state index is 12.9. The molecule has 2 aliphatic rings. The van der Waals surface area contributed by atoms with E-state index in [1.54, 1.807) is 0 Å². The molecule has 2 saturated heterocycles. The number of aliphatic hydroxyl groups is 7. The molecule has 0 saturated carbocycles. The SMILES string of the molecule is CCCCC/C=C\C/C=C\CCCCCCCCOCC(COC1OC(COC2OC(CO)C(O)C(O)C2O)C(O)C(O)C1O)OC(=O)CCCCCCCCCCCCCC. The van der Waals surface area contributed by atoms with Crippen LogP contribution >= 0.6 is 0 Å². The molecule has 2 rings (SSSR count). The van der Waals surface area contributed by atoms with E-state index < -0.39 is 80.7 Å². The van der Waals surface area contributed by atoms with Crippen molar-refractivity contribution < 1.29 is 69.0 Å². The van der Waals surface area contributed by atoms with E-state index in [4.69, 9.17) is 28.4 Å². The summed E-state index contributed by atoms with van der Waals surface area (Å²) >= 11 is 0. The smallest absolute Gasteiger partial charge is 0.306 e. The van der Waals surface area contributed by atoms with E-state index in [0.29, 0.717) is 13.0 Å². The van der Waals surface area contributed by atoms with Gasteiger partial charge in [0.1, 0.15) is 54.9 Å². The average molecular weight is 889 g/mol. The molecule has 0 aliphatic carbocycles. The van der Waals surface area contributed by atoms with Gasteiger partial charge in [-0.05, 0) is 44.9 Å². The fourth-order valence-corrected chi connectivity index (χ4v) is 7.67. The van der Waals surface area contributed by atoms with E-state index >= 15 is 0 Å². The molecule has 364 valence electrons. The lowest BCUT2D eigenvalue weighted by molar-refractivity contribution is -0.332. The van der Waals surface area contributed by atoms with Crippen LogP contribution in [0.4, 0.5) is 0 Å². The van der Waals surface area contributed by atoms with Gasteiger partial charge in [0.25, 0.3) is 0 Å². The van der Waals surface area contributed by atoms with E-state index in [1.165, 1.54) is 89.9 Å². The Bertz CT molecular complexity index is 1120. The summed E-state index contributed by atoms with van der Waals surface area (Å²) in [6.07, 6.45) is 21.0. The summed E-state index contributed by atoms with van der Waals surface area (Å²) in [5.41, 5.74) is 0. The highest BCUT2D eigenvalue weighted by Gasteiger charge is 2.47. The minimum absolute atomic E-state index is 0.0576. The maximum Gasteiger partial charge on any atom is 0.306 e. The van der Waals surface area contributed by atoms with Gasteiger partial charge in [-0.25, -0.2) is 0 Å². The van der Waals surface area contributed by atoms with Crippen molar-refractivity contribution in [2.45, 2.75) is 242 Å². The zero-order valence-corrected chi connectivity index (χ0v) is 38.4. The molecule has 2 aliphatic heterocycles. The minimum atomic E-state index is -1.70. The van der Waals surface area contributed by atoms with Gasteiger partial charge in [-0.1, -0.05) is 147 Å². The first-order chi connectivity index (χ1) is 30.1. The van der Waals surface area contributed by atoms with Gasteiger partial charge in [0.05, 0.1) is 26.4 Å². The summed E-state index contributed by atoms with van der Waals surface area (Å²) in [4.78, 5) is 12.9. The molecule has 0 radical (unpaired) electrons. The first kappa shape index (κ1) is 56.6. The Hall–Kier alpha value is -1.53. The van der Waals surface area contributed by atoms with Gasteiger partial charge in [0, 0.05) is 13.0 Å². The Kier molecular flexibility index (Phi) is 33.5. The third-order valence-corrected chi connectivity index (χ3v) is 11.7. The minimum Gasteiger partial charge on any atom is -0.457 e. The van der Waals surface area contributed by atoms with Crippen LogP contribution in [0.3, 0.4) is 0 Å². The van der Waals surface area contributed by atoms with Crippen LogP contribution in [0.1, 0.15) is 174 Å². The molecule has 14 nitrogen and oxygen atoms in total. The third kappa shape index (κ3) is 24.7. The van der Waals surface area contributed by atoms with Crippen LogP contribution in [0.5, 0.6) is 0 Å². The molecule has 11 atom stereocenters. The zero-order chi connectivity index (χ0) is 45.2. The van der Waals surface area contributed by atoms with Crippen LogP contribution in [0, 0.1) is 0 Å². The highest BCUT2D eigenvalue weighted by atomic mass is 16.7. The Morgan fingerprint density at radius 3 is 1.58 bits per heavy atom. The van der Waals surface area contributed by atoms with Crippen LogP contribution in [0.15, 0.2) is 24.3 Å². The molecule has 0 amide bonds. The number of allylic oxidation sites excluding steroid dienone is 4. The largest absolute Gasteiger partial charge is 0.457 e. The van der Waals surface area contributed by atoms with Crippen LogP contribution in [0.25, 0.3) is 0 Å². The lowest BCUT2D eigenvalue weighted by atomic mass is 9.98. The highest BCUT2D eigenvalue weighted by Crippen LogP contribution is 2.26. The number of ether oxygens (including phenoxy) is 6. The van der Waals surface area contributed by atoms with Crippen LogP contribution in [-0.4, -0.2) is 142 Å². The normalized spacial score (nSPS) is 27.4. The van der Waals surface area contributed by atoms with E-state index in [0.717, 1.165) is 57.8 Å². The second kappa shape index (κ2) is 36.7. The van der Waals surface area contributed by atoms with Crippen LogP contribution in [-0.2, 0) is 33.2 Å². The van der Waals surface area contributed by atoms with Crippen molar-refractivity contribution in [1.29, 1.82) is 0 Å². The van der Waals surface area contributed by atoms with Crippen molar-refractivity contribution in [3.63, 3.8) is 0 Å². The Balaban J connectivity index is 1.79. The summed E-state index contributed by atoms with van der Waals surface area (Å²) in [5.74, 6) is -0.380. The van der Waals surface area contributed by atoms with E-state index in [9.17, 15) is 40.5 Å². The Labute approximate surface area is 373 Å². The summed E-state index contributed by atoms with van der Waals surface area (Å²) in [5, 5.41) is 72.0. The number of rotatable bonds is 38.